The maximum Gasteiger partial charge on any atom is 0.336 e. The lowest BCUT2D eigenvalue weighted by atomic mass is 10.2. The lowest BCUT2D eigenvalue weighted by molar-refractivity contribution is 0.350. The number of halogens is 1. The largest absolute Gasteiger partial charge is 0.487 e. The Bertz CT molecular complexity index is 882. The minimum atomic E-state index is -0.380. The fraction of sp³-hybridized carbons (Fsp3) is 0.150. The second-order valence-electron chi connectivity index (χ2n) is 4.83. The van der Waals surface area contributed by atoms with Gasteiger partial charge in [-0.15, -0.1) is 0 Å². The first-order valence-electron chi connectivity index (χ1n) is 8.05. The molecular weight excluding hydrogens is 443 g/mol. The number of ether oxygens (including phenoxy) is 1. The van der Waals surface area contributed by atoms with Crippen LogP contribution < -0.4 is 21.4 Å². The van der Waals surface area contributed by atoms with Crippen molar-refractivity contribution in [2.75, 3.05) is 6.61 Å². The highest BCUT2D eigenvalue weighted by Gasteiger charge is 2.01. The molecule has 2 aromatic rings. The summed E-state index contributed by atoms with van der Waals surface area (Å²) in [5.41, 5.74) is 7.39. The van der Waals surface area contributed by atoms with Crippen LogP contribution in [0.4, 0.5) is 0 Å². The maximum absolute atomic E-state index is 11.2. The van der Waals surface area contributed by atoms with E-state index in [9.17, 15) is 4.79 Å². The minimum Gasteiger partial charge on any atom is -0.487 e. The lowest BCUT2D eigenvalue weighted by Crippen LogP contribution is -2.14. The summed E-state index contributed by atoms with van der Waals surface area (Å²) in [6.45, 7) is 11.7. The van der Waals surface area contributed by atoms with Crippen LogP contribution in [-0.4, -0.2) is 6.61 Å². The summed E-state index contributed by atoms with van der Waals surface area (Å²) in [5, 5.41) is 3.84. The molecule has 1 aromatic heterocycles. The van der Waals surface area contributed by atoms with Crippen molar-refractivity contribution in [2.45, 2.75) is 13.8 Å². The first-order chi connectivity index (χ1) is 12.5. The Balaban J connectivity index is 0.00000163. The lowest BCUT2D eigenvalue weighted by Gasteiger charge is -2.09. The van der Waals surface area contributed by atoms with Crippen molar-refractivity contribution in [2.24, 2.45) is 5.73 Å². The molecule has 2 rings (SSSR count). The first kappa shape index (κ1) is 21.6. The second kappa shape index (κ2) is 11.2. The summed E-state index contributed by atoms with van der Waals surface area (Å²) in [7, 11) is 0. The van der Waals surface area contributed by atoms with Gasteiger partial charge in [0.25, 0.3) is 0 Å². The predicted molar refractivity (Wildman–Crippen MR) is 116 cm³/mol. The average molecular weight is 466 g/mol. The molecule has 0 aliphatic heterocycles. The highest BCUT2D eigenvalue weighted by atomic mass is 127. The Hall–Kier alpha value is -2.48. The van der Waals surface area contributed by atoms with Gasteiger partial charge in [0.1, 0.15) is 17.9 Å². The summed E-state index contributed by atoms with van der Waals surface area (Å²) in [5.74, 6) is 0.632. The van der Waals surface area contributed by atoms with Crippen LogP contribution in [0.5, 0.6) is 5.75 Å². The SMILES string of the molecule is C=C/C=C(/N/C=C(\N)COc1ccc2oc(=O)ccc2c1)C(=C)I.CC. The molecule has 0 saturated carbocycles. The zero-order chi connectivity index (χ0) is 19.5. The summed E-state index contributed by atoms with van der Waals surface area (Å²) < 4.78 is 11.6. The number of hydrogen-bond donors (Lipinski definition) is 2. The van der Waals surface area contributed by atoms with E-state index in [2.05, 4.69) is 41.1 Å². The molecule has 0 atom stereocenters. The fourth-order valence-electron chi connectivity index (χ4n) is 1.85. The number of benzene rings is 1. The van der Waals surface area contributed by atoms with Gasteiger partial charge in [-0.3, -0.25) is 0 Å². The van der Waals surface area contributed by atoms with E-state index >= 15 is 0 Å². The number of hydrogen-bond acceptors (Lipinski definition) is 5. The van der Waals surface area contributed by atoms with E-state index in [1.54, 1.807) is 42.6 Å². The zero-order valence-corrected chi connectivity index (χ0v) is 17.1. The van der Waals surface area contributed by atoms with E-state index in [4.69, 9.17) is 14.9 Å². The van der Waals surface area contributed by atoms with Crippen molar-refractivity contribution in [3.05, 3.63) is 87.2 Å². The van der Waals surface area contributed by atoms with Gasteiger partial charge in [-0.1, -0.05) is 33.1 Å². The van der Waals surface area contributed by atoms with Crippen LogP contribution in [0.15, 0.2) is 86.0 Å². The summed E-state index contributed by atoms with van der Waals surface area (Å²) in [6, 6.07) is 8.26. The molecule has 138 valence electrons. The summed E-state index contributed by atoms with van der Waals surface area (Å²) in [4.78, 5) is 11.2. The third-order valence-electron chi connectivity index (χ3n) is 2.99. The summed E-state index contributed by atoms with van der Waals surface area (Å²) in [6.07, 6.45) is 5.12. The zero-order valence-electron chi connectivity index (χ0n) is 14.9. The molecule has 0 aliphatic rings. The van der Waals surface area contributed by atoms with Gasteiger partial charge in [0.05, 0.1) is 11.4 Å². The molecule has 0 unspecified atom stereocenters. The third kappa shape index (κ3) is 6.79. The fourth-order valence-corrected chi connectivity index (χ4v) is 2.19. The normalized spacial score (nSPS) is 11.3. The van der Waals surface area contributed by atoms with Crippen LogP contribution in [0.2, 0.25) is 0 Å². The van der Waals surface area contributed by atoms with Gasteiger partial charge in [0, 0.05) is 21.2 Å². The van der Waals surface area contributed by atoms with Crippen LogP contribution in [0.25, 0.3) is 11.0 Å². The molecule has 0 radical (unpaired) electrons. The van der Waals surface area contributed by atoms with Gasteiger partial charge in [-0.25, -0.2) is 4.79 Å². The number of fused-ring (bicyclic) bond motifs is 1. The highest BCUT2D eigenvalue weighted by molar-refractivity contribution is 14.1. The highest BCUT2D eigenvalue weighted by Crippen LogP contribution is 2.19. The number of nitrogens with one attached hydrogen (secondary N) is 1. The smallest absolute Gasteiger partial charge is 0.336 e. The van der Waals surface area contributed by atoms with E-state index in [1.807, 2.05) is 13.8 Å². The molecule has 0 amide bonds. The molecule has 1 heterocycles. The van der Waals surface area contributed by atoms with E-state index in [0.717, 1.165) is 14.7 Å². The van der Waals surface area contributed by atoms with Crippen LogP contribution in [-0.2, 0) is 0 Å². The van der Waals surface area contributed by atoms with Gasteiger partial charge in [0.15, 0.2) is 0 Å². The number of nitrogens with two attached hydrogens (primary N) is 1. The Kier molecular flexibility index (Phi) is 9.29. The topological polar surface area (TPSA) is 77.5 Å². The maximum atomic E-state index is 11.2. The standard InChI is InChI=1S/C18H17IN2O3.C2H6/c1-3-4-16(12(2)19)21-10-14(20)11-23-15-6-7-17-13(9-15)5-8-18(22)24-17;1-2/h3-10,21H,1-2,11,20H2;1-2H3/b14-10-,16-4+;. The first-order valence-corrected chi connectivity index (χ1v) is 9.13. The van der Waals surface area contributed by atoms with Crippen molar-refractivity contribution in [1.82, 2.24) is 5.32 Å². The summed E-state index contributed by atoms with van der Waals surface area (Å²) >= 11 is 2.11. The van der Waals surface area contributed by atoms with Crippen molar-refractivity contribution < 1.29 is 9.15 Å². The molecule has 1 aromatic carbocycles. The van der Waals surface area contributed by atoms with Crippen molar-refractivity contribution >= 4 is 33.6 Å². The minimum absolute atomic E-state index is 0.213. The van der Waals surface area contributed by atoms with Crippen LogP contribution in [0.1, 0.15) is 13.8 Å². The monoisotopic (exact) mass is 466 g/mol. The number of allylic oxidation sites excluding steroid dienone is 3. The number of rotatable bonds is 7. The van der Waals surface area contributed by atoms with Gasteiger partial charge in [-0.05, 0) is 52.9 Å². The molecule has 0 saturated heterocycles. The molecule has 0 aliphatic carbocycles. The Morgan fingerprint density at radius 2 is 2.08 bits per heavy atom. The Morgan fingerprint density at radius 3 is 2.73 bits per heavy atom. The van der Waals surface area contributed by atoms with Crippen LogP contribution in [0, 0.1) is 0 Å². The van der Waals surface area contributed by atoms with Gasteiger partial charge in [-0.2, -0.15) is 0 Å². The predicted octanol–water partition coefficient (Wildman–Crippen LogP) is 4.61. The van der Waals surface area contributed by atoms with Crippen LogP contribution >= 0.6 is 22.6 Å². The van der Waals surface area contributed by atoms with E-state index < -0.39 is 0 Å². The van der Waals surface area contributed by atoms with E-state index in [1.165, 1.54) is 6.07 Å². The van der Waals surface area contributed by atoms with E-state index in [0.29, 0.717) is 17.0 Å². The van der Waals surface area contributed by atoms with Crippen molar-refractivity contribution in [1.29, 1.82) is 0 Å². The molecule has 0 fully saturated rings. The van der Waals surface area contributed by atoms with Gasteiger partial charge in [0.2, 0.25) is 0 Å². The molecular formula is C20H23IN2O3. The van der Waals surface area contributed by atoms with Crippen molar-refractivity contribution in [3.8, 4) is 5.75 Å². The Morgan fingerprint density at radius 1 is 1.35 bits per heavy atom. The molecule has 0 spiro atoms. The molecule has 6 heteroatoms. The van der Waals surface area contributed by atoms with Gasteiger partial charge >= 0.3 is 5.63 Å². The van der Waals surface area contributed by atoms with Gasteiger partial charge < -0.3 is 20.2 Å². The molecule has 5 nitrogen and oxygen atoms in total. The average Bonchev–Trinajstić information content (AvgIpc) is 2.64. The van der Waals surface area contributed by atoms with Crippen LogP contribution in [0.3, 0.4) is 0 Å². The molecule has 0 bridgehead atoms. The quantitative estimate of drug-likeness (QED) is 0.354. The Labute approximate surface area is 167 Å². The van der Waals surface area contributed by atoms with E-state index in [-0.39, 0.29) is 12.2 Å². The molecule has 3 N–H and O–H groups in total. The third-order valence-corrected chi connectivity index (χ3v) is 3.57. The van der Waals surface area contributed by atoms with Crippen molar-refractivity contribution in [3.63, 3.8) is 0 Å². The second-order valence-corrected chi connectivity index (χ2v) is 6.13. The molecule has 26 heavy (non-hydrogen) atoms.